The zero-order valence-corrected chi connectivity index (χ0v) is 13.4. The van der Waals surface area contributed by atoms with Gasteiger partial charge < -0.3 is 9.47 Å². The molecule has 2 saturated heterocycles. The number of aromatic nitrogens is 3. The third-order valence-corrected chi connectivity index (χ3v) is 4.83. The van der Waals surface area contributed by atoms with E-state index in [1.165, 1.54) is 5.56 Å². The molecule has 0 aliphatic carbocycles. The van der Waals surface area contributed by atoms with Gasteiger partial charge in [-0.2, -0.15) is 5.10 Å². The molecule has 6 nitrogen and oxygen atoms in total. The molecule has 2 aromatic heterocycles. The van der Waals surface area contributed by atoms with E-state index in [2.05, 4.69) is 21.2 Å². The first-order chi connectivity index (χ1) is 11.2. The molecular weight excluding hydrogens is 292 g/mol. The number of ether oxygens (including phenoxy) is 2. The van der Waals surface area contributed by atoms with Crippen LogP contribution in [0.5, 0.6) is 5.75 Å². The third-order valence-electron chi connectivity index (χ3n) is 4.83. The predicted molar refractivity (Wildman–Crippen MR) is 85.0 cm³/mol. The predicted octanol–water partition coefficient (Wildman–Crippen LogP) is 1.48. The van der Waals surface area contributed by atoms with E-state index in [9.17, 15) is 0 Å². The number of hydrogen-bond acceptors (Lipinski definition) is 5. The normalized spacial score (nSPS) is 23.1. The van der Waals surface area contributed by atoms with Crippen LogP contribution in [0.15, 0.2) is 36.9 Å². The fourth-order valence-electron chi connectivity index (χ4n) is 3.63. The van der Waals surface area contributed by atoms with E-state index in [1.807, 2.05) is 30.1 Å². The topological polar surface area (TPSA) is 52.4 Å². The summed E-state index contributed by atoms with van der Waals surface area (Å²) in [4.78, 5) is 6.50. The maximum atomic E-state index is 6.09. The van der Waals surface area contributed by atoms with Crippen molar-refractivity contribution in [1.29, 1.82) is 0 Å². The fraction of sp³-hybridized carbons (Fsp3) is 0.529. The van der Waals surface area contributed by atoms with Crippen LogP contribution >= 0.6 is 0 Å². The molecule has 122 valence electrons. The highest BCUT2D eigenvalue weighted by atomic mass is 16.5. The van der Waals surface area contributed by atoms with Crippen molar-refractivity contribution < 1.29 is 9.47 Å². The second kappa shape index (κ2) is 5.94. The number of nitrogens with zero attached hydrogens (tertiary/aromatic N) is 4. The molecule has 2 aromatic rings. The van der Waals surface area contributed by atoms with Gasteiger partial charge in [0.1, 0.15) is 5.75 Å². The average molecular weight is 314 g/mol. The Hall–Kier alpha value is -1.92. The lowest BCUT2D eigenvalue weighted by Gasteiger charge is -2.50. The van der Waals surface area contributed by atoms with E-state index in [4.69, 9.17) is 9.47 Å². The van der Waals surface area contributed by atoms with E-state index in [0.29, 0.717) is 12.5 Å². The minimum atomic E-state index is -0.0234. The molecule has 2 aliphatic rings. The molecule has 2 fully saturated rings. The summed E-state index contributed by atoms with van der Waals surface area (Å²) < 4.78 is 13.8. The molecule has 2 aliphatic heterocycles. The van der Waals surface area contributed by atoms with Crippen molar-refractivity contribution >= 4 is 0 Å². The van der Waals surface area contributed by atoms with Crippen molar-refractivity contribution in [1.82, 2.24) is 19.7 Å². The lowest BCUT2D eigenvalue weighted by atomic mass is 9.81. The second-order valence-electron chi connectivity index (χ2n) is 6.57. The highest BCUT2D eigenvalue weighted by Crippen LogP contribution is 2.40. The average Bonchev–Trinajstić information content (AvgIpc) is 3.12. The first-order valence-corrected chi connectivity index (χ1v) is 8.10. The fourth-order valence-corrected chi connectivity index (χ4v) is 3.63. The largest absolute Gasteiger partial charge is 0.492 e. The summed E-state index contributed by atoms with van der Waals surface area (Å²) in [6, 6.07) is 3.85. The van der Waals surface area contributed by atoms with Crippen molar-refractivity contribution in [2.45, 2.75) is 18.6 Å². The highest BCUT2D eigenvalue weighted by molar-refractivity contribution is 5.16. The van der Waals surface area contributed by atoms with Crippen molar-refractivity contribution in [3.63, 3.8) is 0 Å². The SMILES string of the molecule is Cn1cc(CN2CC3(C2)OCCC3COc2cccnc2)cn1. The van der Waals surface area contributed by atoms with Gasteiger partial charge in [-0.1, -0.05) is 0 Å². The summed E-state index contributed by atoms with van der Waals surface area (Å²) in [6.45, 7) is 4.43. The monoisotopic (exact) mass is 314 g/mol. The van der Waals surface area contributed by atoms with Crippen LogP contribution in [0.4, 0.5) is 0 Å². The third kappa shape index (κ3) is 2.96. The minimum absolute atomic E-state index is 0.0234. The van der Waals surface area contributed by atoms with Gasteiger partial charge >= 0.3 is 0 Å². The quantitative estimate of drug-likeness (QED) is 0.837. The molecule has 1 unspecified atom stereocenters. The molecule has 0 bridgehead atoms. The molecule has 1 spiro atoms. The lowest BCUT2D eigenvalue weighted by Crippen LogP contribution is -2.64. The zero-order chi connectivity index (χ0) is 15.7. The Balaban J connectivity index is 1.32. The first kappa shape index (κ1) is 14.7. The Morgan fingerprint density at radius 3 is 3.04 bits per heavy atom. The highest BCUT2D eigenvalue weighted by Gasteiger charge is 2.53. The Bertz CT molecular complexity index is 652. The zero-order valence-electron chi connectivity index (χ0n) is 13.4. The van der Waals surface area contributed by atoms with E-state index in [1.54, 1.807) is 12.4 Å². The van der Waals surface area contributed by atoms with Gasteiger partial charge in [0.2, 0.25) is 0 Å². The van der Waals surface area contributed by atoms with Gasteiger partial charge in [0.05, 0.1) is 24.6 Å². The molecule has 1 atom stereocenters. The van der Waals surface area contributed by atoms with E-state index in [0.717, 1.165) is 38.4 Å². The maximum absolute atomic E-state index is 6.09. The Morgan fingerprint density at radius 1 is 1.39 bits per heavy atom. The van der Waals surface area contributed by atoms with Crippen LogP contribution in [-0.4, -0.2) is 51.6 Å². The second-order valence-corrected chi connectivity index (χ2v) is 6.57. The van der Waals surface area contributed by atoms with Crippen LogP contribution in [0, 0.1) is 5.92 Å². The number of aryl methyl sites for hydroxylation is 1. The summed E-state index contributed by atoms with van der Waals surface area (Å²) in [5, 5.41) is 4.23. The number of hydrogen-bond donors (Lipinski definition) is 0. The summed E-state index contributed by atoms with van der Waals surface area (Å²) in [6.07, 6.45) is 8.60. The van der Waals surface area contributed by atoms with Crippen molar-refractivity contribution in [3.05, 3.63) is 42.5 Å². The molecule has 0 amide bonds. The van der Waals surface area contributed by atoms with Crippen molar-refractivity contribution in [3.8, 4) is 5.75 Å². The van der Waals surface area contributed by atoms with Crippen LogP contribution in [0.2, 0.25) is 0 Å². The van der Waals surface area contributed by atoms with E-state index < -0.39 is 0 Å². The van der Waals surface area contributed by atoms with Crippen molar-refractivity contribution in [2.24, 2.45) is 13.0 Å². The first-order valence-electron chi connectivity index (χ1n) is 8.10. The Kier molecular flexibility index (Phi) is 3.79. The molecule has 23 heavy (non-hydrogen) atoms. The van der Waals surface area contributed by atoms with Crippen LogP contribution in [-0.2, 0) is 18.3 Å². The number of likely N-dealkylation sites (tertiary alicyclic amines) is 1. The Morgan fingerprint density at radius 2 is 2.30 bits per heavy atom. The molecule has 0 radical (unpaired) electrons. The van der Waals surface area contributed by atoms with Crippen LogP contribution in [0.25, 0.3) is 0 Å². The summed E-state index contributed by atoms with van der Waals surface area (Å²) in [5.41, 5.74) is 1.23. The van der Waals surface area contributed by atoms with Gasteiger partial charge in [-0.05, 0) is 18.6 Å². The van der Waals surface area contributed by atoms with Crippen LogP contribution < -0.4 is 4.74 Å². The van der Waals surface area contributed by atoms with Gasteiger partial charge in [0.15, 0.2) is 0 Å². The lowest BCUT2D eigenvalue weighted by molar-refractivity contribution is -0.140. The number of pyridine rings is 1. The molecular formula is C17H22N4O2. The smallest absolute Gasteiger partial charge is 0.137 e. The molecule has 0 aromatic carbocycles. The molecule has 4 heterocycles. The van der Waals surface area contributed by atoms with Gasteiger partial charge in [0, 0.05) is 57.2 Å². The molecule has 0 saturated carbocycles. The van der Waals surface area contributed by atoms with Crippen LogP contribution in [0.3, 0.4) is 0 Å². The maximum Gasteiger partial charge on any atom is 0.137 e. The molecule has 6 heteroatoms. The van der Waals surface area contributed by atoms with Gasteiger partial charge in [-0.25, -0.2) is 0 Å². The summed E-state index contributed by atoms with van der Waals surface area (Å²) in [5.74, 6) is 1.29. The summed E-state index contributed by atoms with van der Waals surface area (Å²) >= 11 is 0. The van der Waals surface area contributed by atoms with E-state index >= 15 is 0 Å². The van der Waals surface area contributed by atoms with Crippen LogP contribution in [0.1, 0.15) is 12.0 Å². The standard InChI is InChI=1S/C17H22N4O2/c1-20-9-14(7-19-20)10-21-12-17(13-21)15(4-6-23-17)11-22-16-3-2-5-18-8-16/h2-3,5,7-9,15H,4,6,10-13H2,1H3. The molecule has 4 rings (SSSR count). The van der Waals surface area contributed by atoms with Gasteiger partial charge in [-0.15, -0.1) is 0 Å². The van der Waals surface area contributed by atoms with E-state index in [-0.39, 0.29) is 5.60 Å². The number of rotatable bonds is 5. The molecule has 0 N–H and O–H groups in total. The Labute approximate surface area is 136 Å². The van der Waals surface area contributed by atoms with Gasteiger partial charge in [-0.3, -0.25) is 14.6 Å². The minimum Gasteiger partial charge on any atom is -0.492 e. The van der Waals surface area contributed by atoms with Crippen molar-refractivity contribution in [2.75, 3.05) is 26.3 Å². The summed E-state index contributed by atoms with van der Waals surface area (Å²) in [7, 11) is 1.95. The van der Waals surface area contributed by atoms with Gasteiger partial charge in [0.25, 0.3) is 0 Å².